The lowest BCUT2D eigenvalue weighted by Crippen LogP contribution is -2.51. The first-order valence-electron chi connectivity index (χ1n) is 6.15. The van der Waals surface area contributed by atoms with Gasteiger partial charge in [0.15, 0.2) is 0 Å². The third-order valence-electron chi connectivity index (χ3n) is 3.15. The van der Waals surface area contributed by atoms with E-state index in [1.165, 1.54) is 16.4 Å². The van der Waals surface area contributed by atoms with Crippen molar-refractivity contribution in [1.82, 2.24) is 4.31 Å². The molecule has 1 saturated heterocycles. The van der Waals surface area contributed by atoms with Crippen LogP contribution in [0.3, 0.4) is 0 Å². The summed E-state index contributed by atoms with van der Waals surface area (Å²) in [4.78, 5) is -0.328. The molecule has 2 atom stereocenters. The van der Waals surface area contributed by atoms with E-state index in [1.807, 2.05) is 0 Å². The molecule has 8 heteroatoms. The molecule has 0 aromatic heterocycles. The molecule has 5 nitrogen and oxygen atoms in total. The van der Waals surface area contributed by atoms with Crippen molar-refractivity contribution in [3.8, 4) is 0 Å². The van der Waals surface area contributed by atoms with E-state index in [0.29, 0.717) is 4.47 Å². The van der Waals surface area contributed by atoms with Crippen molar-refractivity contribution >= 4 is 26.0 Å². The first kappa shape index (κ1) is 15.8. The van der Waals surface area contributed by atoms with E-state index in [9.17, 15) is 12.8 Å². The lowest BCUT2D eigenvalue weighted by Gasteiger charge is -2.33. The largest absolute Gasteiger partial charge is 0.374 e. The van der Waals surface area contributed by atoms with Gasteiger partial charge in [-0.05, 0) is 25.1 Å². The topological polar surface area (TPSA) is 72.6 Å². The van der Waals surface area contributed by atoms with Gasteiger partial charge in [0.2, 0.25) is 10.0 Å². The minimum atomic E-state index is -3.87. The smallest absolute Gasteiger partial charge is 0.246 e. The quantitative estimate of drug-likeness (QED) is 0.875. The van der Waals surface area contributed by atoms with Gasteiger partial charge < -0.3 is 10.5 Å². The van der Waals surface area contributed by atoms with Crippen LogP contribution in [0, 0.1) is 5.82 Å². The summed E-state index contributed by atoms with van der Waals surface area (Å²) < 4.78 is 45.9. The minimum Gasteiger partial charge on any atom is -0.374 e. The van der Waals surface area contributed by atoms with Crippen LogP contribution in [0.1, 0.15) is 6.92 Å². The van der Waals surface area contributed by atoms with Gasteiger partial charge in [-0.15, -0.1) is 0 Å². The zero-order valence-electron chi connectivity index (χ0n) is 10.9. The Kier molecular flexibility index (Phi) is 4.80. The molecule has 0 saturated carbocycles. The van der Waals surface area contributed by atoms with E-state index in [4.69, 9.17) is 10.5 Å². The van der Waals surface area contributed by atoms with Gasteiger partial charge >= 0.3 is 0 Å². The number of morpholine rings is 1. The van der Waals surface area contributed by atoms with Crippen LogP contribution >= 0.6 is 15.9 Å². The zero-order valence-corrected chi connectivity index (χ0v) is 13.3. The Morgan fingerprint density at radius 3 is 2.85 bits per heavy atom. The standard InChI is InChI=1S/C12H16BrFN2O3S/c1-8(15)11-7-16(4-5-19-11)20(17,18)12-3-2-9(13)6-10(12)14/h2-3,6,8,11H,4-5,7,15H2,1H3. The highest BCUT2D eigenvalue weighted by Crippen LogP contribution is 2.24. The van der Waals surface area contributed by atoms with Crippen molar-refractivity contribution in [3.05, 3.63) is 28.5 Å². The van der Waals surface area contributed by atoms with Crippen molar-refractivity contribution in [2.24, 2.45) is 5.73 Å². The monoisotopic (exact) mass is 366 g/mol. The highest BCUT2D eigenvalue weighted by Gasteiger charge is 2.33. The van der Waals surface area contributed by atoms with E-state index in [0.717, 1.165) is 6.07 Å². The molecule has 1 fully saturated rings. The predicted molar refractivity (Wildman–Crippen MR) is 76.2 cm³/mol. The number of ether oxygens (including phenoxy) is 1. The van der Waals surface area contributed by atoms with Crippen LogP contribution in [0.5, 0.6) is 0 Å². The summed E-state index contributed by atoms with van der Waals surface area (Å²) in [7, 11) is -3.87. The molecule has 2 N–H and O–H groups in total. The molecule has 1 aromatic carbocycles. The van der Waals surface area contributed by atoms with Gasteiger partial charge in [0.25, 0.3) is 0 Å². The molecule has 20 heavy (non-hydrogen) atoms. The Hall–Kier alpha value is -0.540. The number of nitrogens with two attached hydrogens (primary N) is 1. The van der Waals surface area contributed by atoms with E-state index >= 15 is 0 Å². The van der Waals surface area contributed by atoms with Gasteiger partial charge in [0.1, 0.15) is 10.7 Å². The number of hydrogen-bond donors (Lipinski definition) is 1. The fourth-order valence-corrected chi connectivity index (χ4v) is 3.83. The second-order valence-electron chi connectivity index (χ2n) is 4.71. The highest BCUT2D eigenvalue weighted by atomic mass is 79.9. The van der Waals surface area contributed by atoms with E-state index in [1.54, 1.807) is 6.92 Å². The molecule has 2 unspecified atom stereocenters. The summed E-state index contributed by atoms with van der Waals surface area (Å²) in [6.45, 7) is 2.33. The van der Waals surface area contributed by atoms with Crippen LogP contribution in [-0.2, 0) is 14.8 Å². The molecule has 2 rings (SSSR count). The molecule has 1 aliphatic rings. The maximum atomic E-state index is 13.9. The Morgan fingerprint density at radius 1 is 1.55 bits per heavy atom. The van der Waals surface area contributed by atoms with Gasteiger partial charge in [-0.25, -0.2) is 12.8 Å². The van der Waals surface area contributed by atoms with Crippen LogP contribution < -0.4 is 5.73 Å². The maximum Gasteiger partial charge on any atom is 0.246 e. The van der Waals surface area contributed by atoms with Gasteiger partial charge in [-0.1, -0.05) is 15.9 Å². The summed E-state index contributed by atoms with van der Waals surface area (Å²) in [6, 6.07) is 3.60. The molecule has 0 amide bonds. The molecule has 1 heterocycles. The van der Waals surface area contributed by atoms with Crippen LogP contribution in [0.15, 0.2) is 27.6 Å². The first-order chi connectivity index (χ1) is 9.32. The number of sulfonamides is 1. The van der Waals surface area contributed by atoms with Gasteiger partial charge in [0, 0.05) is 23.6 Å². The third-order valence-corrected chi connectivity index (χ3v) is 5.55. The van der Waals surface area contributed by atoms with Crippen LogP contribution in [0.4, 0.5) is 4.39 Å². The summed E-state index contributed by atoms with van der Waals surface area (Å²) in [5.41, 5.74) is 5.73. The zero-order chi connectivity index (χ0) is 14.9. The number of halogens is 2. The number of nitrogens with zero attached hydrogens (tertiary/aromatic N) is 1. The van der Waals surface area contributed by atoms with Gasteiger partial charge in [-0.2, -0.15) is 4.31 Å². The fourth-order valence-electron chi connectivity index (χ4n) is 2.01. The van der Waals surface area contributed by atoms with Crippen molar-refractivity contribution in [1.29, 1.82) is 0 Å². The SMILES string of the molecule is CC(N)C1CN(S(=O)(=O)c2ccc(Br)cc2F)CCO1. The maximum absolute atomic E-state index is 13.9. The second-order valence-corrected chi connectivity index (χ2v) is 7.53. The minimum absolute atomic E-state index is 0.134. The molecule has 1 aliphatic heterocycles. The lowest BCUT2D eigenvalue weighted by molar-refractivity contribution is -0.0120. The average molecular weight is 367 g/mol. The summed E-state index contributed by atoms with van der Waals surface area (Å²) in [5, 5.41) is 0. The molecule has 0 bridgehead atoms. The molecule has 0 aliphatic carbocycles. The van der Waals surface area contributed by atoms with Gasteiger partial charge in [-0.3, -0.25) is 0 Å². The Bertz CT molecular complexity index is 594. The summed E-state index contributed by atoms with van der Waals surface area (Å²) in [5.74, 6) is -0.775. The first-order valence-corrected chi connectivity index (χ1v) is 8.38. The van der Waals surface area contributed by atoms with Crippen LogP contribution in [0.2, 0.25) is 0 Å². The fraction of sp³-hybridized carbons (Fsp3) is 0.500. The molecule has 0 radical (unpaired) electrons. The van der Waals surface area contributed by atoms with E-state index < -0.39 is 15.8 Å². The van der Waals surface area contributed by atoms with Crippen molar-refractivity contribution in [3.63, 3.8) is 0 Å². The predicted octanol–water partition coefficient (Wildman–Crippen LogP) is 1.32. The molecule has 1 aromatic rings. The van der Waals surface area contributed by atoms with E-state index in [2.05, 4.69) is 15.9 Å². The number of hydrogen-bond acceptors (Lipinski definition) is 4. The molecule has 0 spiro atoms. The van der Waals surface area contributed by atoms with Crippen molar-refractivity contribution in [2.75, 3.05) is 19.7 Å². The van der Waals surface area contributed by atoms with Gasteiger partial charge in [0.05, 0.1) is 12.7 Å². The molecular formula is C12H16BrFN2O3S. The lowest BCUT2D eigenvalue weighted by atomic mass is 10.2. The number of rotatable bonds is 3. The number of benzene rings is 1. The summed E-state index contributed by atoms with van der Waals surface area (Å²) >= 11 is 3.10. The second kappa shape index (κ2) is 6.07. The molecule has 112 valence electrons. The van der Waals surface area contributed by atoms with Crippen LogP contribution in [-0.4, -0.2) is 44.6 Å². The Balaban J connectivity index is 2.30. The normalized spacial score (nSPS) is 22.7. The average Bonchev–Trinajstić information content (AvgIpc) is 2.38. The van der Waals surface area contributed by atoms with Crippen LogP contribution in [0.25, 0.3) is 0 Å². The molecular weight excluding hydrogens is 351 g/mol. The highest BCUT2D eigenvalue weighted by molar-refractivity contribution is 9.10. The van der Waals surface area contributed by atoms with Crippen molar-refractivity contribution in [2.45, 2.75) is 24.0 Å². The summed E-state index contributed by atoms with van der Waals surface area (Å²) in [6.07, 6.45) is -0.378. The third kappa shape index (κ3) is 3.20. The Morgan fingerprint density at radius 2 is 2.25 bits per heavy atom. The van der Waals surface area contributed by atoms with Crippen molar-refractivity contribution < 1.29 is 17.5 Å². The van der Waals surface area contributed by atoms with E-state index in [-0.39, 0.29) is 36.7 Å². The Labute approximate surface area is 126 Å².